The molecule has 21 heavy (non-hydrogen) atoms. The van der Waals surface area contributed by atoms with Gasteiger partial charge in [-0.2, -0.15) is 0 Å². The molecule has 6 heteroatoms. The number of urea groups is 1. The molecule has 1 aliphatic rings. The van der Waals surface area contributed by atoms with Gasteiger partial charge < -0.3 is 10.4 Å². The van der Waals surface area contributed by atoms with Gasteiger partial charge in [-0.05, 0) is 29.6 Å². The van der Waals surface area contributed by atoms with Gasteiger partial charge in [-0.25, -0.2) is 4.79 Å². The summed E-state index contributed by atoms with van der Waals surface area (Å²) in [5, 5.41) is 13.5. The summed E-state index contributed by atoms with van der Waals surface area (Å²) in [6.07, 6.45) is 1.12. The highest BCUT2D eigenvalue weighted by atomic mass is 16.4. The molecule has 3 N–H and O–H groups in total. The van der Waals surface area contributed by atoms with Gasteiger partial charge in [0.05, 0.1) is 0 Å². The third kappa shape index (κ3) is 4.44. The number of nitrogens with one attached hydrogen (secondary N) is 2. The topological polar surface area (TPSA) is 95.5 Å². The van der Waals surface area contributed by atoms with Crippen molar-refractivity contribution in [2.45, 2.75) is 53.4 Å². The molecule has 0 aromatic carbocycles. The Hall–Kier alpha value is -1.59. The molecule has 1 fully saturated rings. The number of unbranched alkanes of at least 4 members (excludes halogenated alkanes) is 1. The fourth-order valence-electron chi connectivity index (χ4n) is 2.83. The van der Waals surface area contributed by atoms with Crippen LogP contribution in [0.3, 0.4) is 0 Å². The van der Waals surface area contributed by atoms with E-state index in [0.717, 1.165) is 0 Å². The van der Waals surface area contributed by atoms with Crippen molar-refractivity contribution < 1.29 is 19.5 Å². The van der Waals surface area contributed by atoms with Crippen molar-refractivity contribution >= 4 is 17.9 Å². The molecule has 1 aliphatic carbocycles. The van der Waals surface area contributed by atoms with E-state index < -0.39 is 12.0 Å². The van der Waals surface area contributed by atoms with Crippen LogP contribution < -0.4 is 10.6 Å². The molecule has 0 spiro atoms. The van der Waals surface area contributed by atoms with Gasteiger partial charge >= 0.3 is 12.0 Å². The Morgan fingerprint density at radius 2 is 1.52 bits per heavy atom. The molecule has 0 aromatic heterocycles. The number of rotatable bonds is 7. The van der Waals surface area contributed by atoms with E-state index in [4.69, 9.17) is 5.11 Å². The van der Waals surface area contributed by atoms with E-state index in [1.165, 1.54) is 0 Å². The van der Waals surface area contributed by atoms with Crippen LogP contribution in [0.1, 0.15) is 53.4 Å². The van der Waals surface area contributed by atoms with Gasteiger partial charge in [-0.1, -0.05) is 27.7 Å². The fourth-order valence-corrected chi connectivity index (χ4v) is 2.83. The summed E-state index contributed by atoms with van der Waals surface area (Å²) >= 11 is 0. The number of hydrogen-bond donors (Lipinski definition) is 3. The van der Waals surface area contributed by atoms with E-state index in [-0.39, 0.29) is 29.6 Å². The molecule has 0 bridgehead atoms. The van der Waals surface area contributed by atoms with Gasteiger partial charge in [-0.15, -0.1) is 0 Å². The molecular formula is C15H26N2O4. The number of imide groups is 1. The summed E-state index contributed by atoms with van der Waals surface area (Å²) in [4.78, 5) is 33.4. The van der Waals surface area contributed by atoms with Gasteiger partial charge in [0.1, 0.15) is 0 Å². The third-order valence-electron chi connectivity index (χ3n) is 5.08. The molecular weight excluding hydrogens is 272 g/mol. The maximum atomic E-state index is 11.6. The zero-order valence-corrected chi connectivity index (χ0v) is 13.3. The molecule has 0 aromatic rings. The van der Waals surface area contributed by atoms with E-state index in [1.54, 1.807) is 0 Å². The number of hydrogen-bond acceptors (Lipinski definition) is 3. The molecule has 3 amide bonds. The monoisotopic (exact) mass is 298 g/mol. The molecule has 0 aliphatic heterocycles. The molecule has 1 rings (SSSR count). The van der Waals surface area contributed by atoms with Gasteiger partial charge in [0.2, 0.25) is 5.91 Å². The van der Waals surface area contributed by atoms with Gasteiger partial charge in [0, 0.05) is 19.4 Å². The lowest BCUT2D eigenvalue weighted by atomic mass is 10.0. The molecule has 6 nitrogen and oxygen atoms in total. The van der Waals surface area contributed by atoms with Crippen molar-refractivity contribution in [1.29, 1.82) is 0 Å². The molecule has 0 radical (unpaired) electrons. The Kier molecular flexibility index (Phi) is 5.36. The van der Waals surface area contributed by atoms with Crippen molar-refractivity contribution in [1.82, 2.24) is 10.6 Å². The van der Waals surface area contributed by atoms with Crippen molar-refractivity contribution in [2.24, 2.45) is 16.7 Å². The molecule has 0 unspecified atom stereocenters. The van der Waals surface area contributed by atoms with Crippen LogP contribution in [0.2, 0.25) is 0 Å². The number of amides is 3. The highest BCUT2D eigenvalue weighted by molar-refractivity contribution is 5.94. The van der Waals surface area contributed by atoms with Crippen LogP contribution in [-0.4, -0.2) is 29.6 Å². The average molecular weight is 298 g/mol. The van der Waals surface area contributed by atoms with Crippen LogP contribution in [0, 0.1) is 16.7 Å². The standard InChI is InChI=1S/C15H26N2O4/c1-14(2)10(15(14,3)4)9-16-13(21)17-11(18)7-5-6-8-12(19)20/h10H,5-9H2,1-4H3,(H,19,20)(H2,16,17,18,21). The summed E-state index contributed by atoms with van der Waals surface area (Å²) in [6, 6.07) is -0.475. The maximum absolute atomic E-state index is 11.6. The number of aliphatic carboxylic acids is 1. The molecule has 0 saturated heterocycles. The second-order valence-corrected chi connectivity index (χ2v) is 6.86. The number of carbonyl (C=O) groups is 3. The van der Waals surface area contributed by atoms with Crippen molar-refractivity contribution in [3.8, 4) is 0 Å². The zero-order chi connectivity index (χ0) is 16.3. The first kappa shape index (κ1) is 17.5. The zero-order valence-electron chi connectivity index (χ0n) is 13.3. The van der Waals surface area contributed by atoms with Gasteiger partial charge in [0.25, 0.3) is 0 Å². The average Bonchev–Trinajstić information content (AvgIpc) is 2.72. The van der Waals surface area contributed by atoms with E-state index in [0.29, 0.717) is 25.3 Å². The van der Waals surface area contributed by atoms with E-state index >= 15 is 0 Å². The quantitative estimate of drug-likeness (QED) is 0.627. The van der Waals surface area contributed by atoms with Crippen molar-refractivity contribution in [2.75, 3.05) is 6.54 Å². The SMILES string of the molecule is CC1(C)C(CNC(=O)NC(=O)CCCCC(=O)O)C1(C)C. The lowest BCUT2D eigenvalue weighted by Crippen LogP contribution is -2.40. The fraction of sp³-hybridized carbons (Fsp3) is 0.800. The van der Waals surface area contributed by atoms with Crippen LogP contribution in [0.5, 0.6) is 0 Å². The van der Waals surface area contributed by atoms with Crippen LogP contribution >= 0.6 is 0 Å². The summed E-state index contributed by atoms with van der Waals surface area (Å²) in [5.74, 6) is -0.837. The minimum absolute atomic E-state index is 0.0469. The minimum atomic E-state index is -0.872. The number of carboxylic acid groups (broad SMARTS) is 1. The van der Waals surface area contributed by atoms with Gasteiger partial charge in [-0.3, -0.25) is 14.9 Å². The Labute approximate surface area is 125 Å². The lowest BCUT2D eigenvalue weighted by Gasteiger charge is -2.07. The van der Waals surface area contributed by atoms with Crippen LogP contribution in [0.15, 0.2) is 0 Å². The predicted octanol–water partition coefficient (Wildman–Crippen LogP) is 2.14. The predicted molar refractivity (Wildman–Crippen MR) is 78.7 cm³/mol. The van der Waals surface area contributed by atoms with Crippen LogP contribution in [0.4, 0.5) is 4.79 Å². The Balaban J connectivity index is 2.17. The normalized spacial score (nSPS) is 18.9. The number of carboxylic acids is 1. The first-order chi connectivity index (χ1) is 9.59. The van der Waals surface area contributed by atoms with Crippen LogP contribution in [0.25, 0.3) is 0 Å². The maximum Gasteiger partial charge on any atom is 0.321 e. The highest BCUT2D eigenvalue weighted by Crippen LogP contribution is 2.67. The van der Waals surface area contributed by atoms with E-state index in [1.807, 2.05) is 0 Å². The number of carbonyl (C=O) groups excluding carboxylic acids is 2. The molecule has 1 saturated carbocycles. The Morgan fingerprint density at radius 3 is 2.00 bits per heavy atom. The first-order valence-electron chi connectivity index (χ1n) is 7.38. The molecule has 120 valence electrons. The third-order valence-corrected chi connectivity index (χ3v) is 5.08. The van der Waals surface area contributed by atoms with Crippen LogP contribution in [-0.2, 0) is 9.59 Å². The smallest absolute Gasteiger partial charge is 0.321 e. The van der Waals surface area contributed by atoms with E-state index in [2.05, 4.69) is 38.3 Å². The van der Waals surface area contributed by atoms with Gasteiger partial charge in [0.15, 0.2) is 0 Å². The van der Waals surface area contributed by atoms with Crippen molar-refractivity contribution in [3.05, 3.63) is 0 Å². The van der Waals surface area contributed by atoms with Crippen molar-refractivity contribution in [3.63, 3.8) is 0 Å². The lowest BCUT2D eigenvalue weighted by molar-refractivity contribution is -0.137. The summed E-state index contributed by atoms with van der Waals surface area (Å²) in [5.41, 5.74) is 0.391. The van der Waals surface area contributed by atoms with E-state index in [9.17, 15) is 14.4 Å². The summed E-state index contributed by atoms with van der Waals surface area (Å²) < 4.78 is 0. The molecule has 0 heterocycles. The summed E-state index contributed by atoms with van der Waals surface area (Å²) in [7, 11) is 0. The Morgan fingerprint density at radius 1 is 1.00 bits per heavy atom. The second-order valence-electron chi connectivity index (χ2n) is 6.86. The minimum Gasteiger partial charge on any atom is -0.481 e. The summed E-state index contributed by atoms with van der Waals surface area (Å²) in [6.45, 7) is 9.24. The first-order valence-corrected chi connectivity index (χ1v) is 7.38. The second kappa shape index (κ2) is 6.45. The highest BCUT2D eigenvalue weighted by Gasteiger charge is 2.64. The molecule has 0 atom stereocenters. The Bertz CT molecular complexity index is 415. The largest absolute Gasteiger partial charge is 0.481 e.